The average molecular weight is 320 g/mol. The first-order chi connectivity index (χ1) is 10.9. The Morgan fingerprint density at radius 3 is 3.05 bits per heavy atom. The number of hydrogen-bond acceptors (Lipinski definition) is 4. The number of aliphatic imine (C=N–C) groups is 1. The van der Waals surface area contributed by atoms with E-state index < -0.39 is 0 Å². The molecule has 0 bridgehead atoms. The second kappa shape index (κ2) is 7.74. The molecule has 1 N–H and O–H groups in total. The lowest BCUT2D eigenvalue weighted by molar-refractivity contribution is 0.185. The minimum absolute atomic E-state index is 0.714. The van der Waals surface area contributed by atoms with Crippen LogP contribution in [0.4, 0.5) is 11.4 Å². The molecule has 1 aromatic rings. The Hall–Kier alpha value is -1.40. The molecule has 6 heteroatoms. The van der Waals surface area contributed by atoms with E-state index >= 15 is 0 Å². The molecular formula is C16H24N4OS. The molecule has 0 aliphatic carbocycles. The van der Waals surface area contributed by atoms with E-state index in [1.54, 1.807) is 11.9 Å². The predicted octanol–water partition coefficient (Wildman–Crippen LogP) is 2.82. The highest BCUT2D eigenvalue weighted by Gasteiger charge is 2.19. The van der Waals surface area contributed by atoms with Gasteiger partial charge in [0.2, 0.25) is 0 Å². The van der Waals surface area contributed by atoms with Crippen LogP contribution in [0.15, 0.2) is 29.3 Å². The molecule has 0 unspecified atom stereocenters. The minimum Gasteiger partial charge on any atom is -0.367 e. The van der Waals surface area contributed by atoms with Crippen molar-refractivity contribution in [2.24, 2.45) is 4.99 Å². The summed E-state index contributed by atoms with van der Waals surface area (Å²) in [6, 6.07) is 8.37. The maximum absolute atomic E-state index is 5.42. The number of ether oxygens (including phenoxy) is 1. The zero-order valence-corrected chi connectivity index (χ0v) is 13.9. The van der Waals surface area contributed by atoms with Crippen LogP contribution in [0.3, 0.4) is 0 Å². The van der Waals surface area contributed by atoms with Crippen molar-refractivity contribution in [3.05, 3.63) is 24.3 Å². The molecule has 0 saturated carbocycles. The third kappa shape index (κ3) is 3.67. The van der Waals surface area contributed by atoms with E-state index in [1.807, 2.05) is 0 Å². The summed E-state index contributed by atoms with van der Waals surface area (Å²) in [5, 5.41) is 3.42. The van der Waals surface area contributed by atoms with Crippen molar-refractivity contribution < 1.29 is 4.74 Å². The Kier molecular flexibility index (Phi) is 5.45. The van der Waals surface area contributed by atoms with E-state index in [-0.39, 0.29) is 0 Å². The van der Waals surface area contributed by atoms with E-state index in [0.29, 0.717) is 5.94 Å². The van der Waals surface area contributed by atoms with Crippen LogP contribution in [-0.4, -0.2) is 49.6 Å². The van der Waals surface area contributed by atoms with Crippen LogP contribution in [0.5, 0.6) is 0 Å². The zero-order valence-electron chi connectivity index (χ0n) is 13.1. The summed E-state index contributed by atoms with van der Waals surface area (Å²) in [7, 11) is 0. The number of hydrogen-bond donors (Lipinski definition) is 1. The third-order valence-corrected chi connectivity index (χ3v) is 4.82. The van der Waals surface area contributed by atoms with Gasteiger partial charge in [-0.25, -0.2) is 4.99 Å². The van der Waals surface area contributed by atoms with Gasteiger partial charge in [0.05, 0.1) is 24.5 Å². The van der Waals surface area contributed by atoms with E-state index in [1.165, 1.54) is 18.5 Å². The van der Waals surface area contributed by atoms with Crippen molar-refractivity contribution in [1.82, 2.24) is 10.2 Å². The van der Waals surface area contributed by atoms with E-state index in [2.05, 4.69) is 45.7 Å². The molecule has 3 rings (SSSR count). The van der Waals surface area contributed by atoms with Gasteiger partial charge in [-0.2, -0.15) is 0 Å². The van der Waals surface area contributed by atoms with Crippen LogP contribution < -0.4 is 9.62 Å². The molecule has 0 radical (unpaired) electrons. The number of unbranched alkanes of at least 4 members (excludes halogenated alkanes) is 1. The summed E-state index contributed by atoms with van der Waals surface area (Å²) < 4.78 is 7.71. The SMILES string of the molecule is CCCCN1CCNC1=Nc1ccccc1N1CCOCS1. The zero-order chi connectivity index (χ0) is 15.2. The van der Waals surface area contributed by atoms with Crippen LogP contribution in [0.2, 0.25) is 0 Å². The Bertz CT molecular complexity index is 517. The average Bonchev–Trinajstić information content (AvgIpc) is 3.01. The molecule has 22 heavy (non-hydrogen) atoms. The summed E-state index contributed by atoms with van der Waals surface area (Å²) in [6.45, 7) is 7.02. The number of rotatable bonds is 5. The molecule has 2 heterocycles. The molecule has 5 nitrogen and oxygen atoms in total. The first-order valence-electron chi connectivity index (χ1n) is 8.03. The highest BCUT2D eigenvalue weighted by atomic mass is 32.2. The van der Waals surface area contributed by atoms with E-state index in [0.717, 1.165) is 44.4 Å². The van der Waals surface area contributed by atoms with Gasteiger partial charge in [0, 0.05) is 19.6 Å². The van der Waals surface area contributed by atoms with Crippen LogP contribution in [0.25, 0.3) is 0 Å². The molecule has 1 aromatic carbocycles. The minimum atomic E-state index is 0.714. The summed E-state index contributed by atoms with van der Waals surface area (Å²) in [4.78, 5) is 7.26. The smallest absolute Gasteiger partial charge is 0.199 e. The molecule has 120 valence electrons. The van der Waals surface area contributed by atoms with Crippen LogP contribution in [0.1, 0.15) is 19.8 Å². The van der Waals surface area contributed by atoms with E-state index in [4.69, 9.17) is 9.73 Å². The van der Waals surface area contributed by atoms with Crippen LogP contribution in [-0.2, 0) is 4.74 Å². The summed E-state index contributed by atoms with van der Waals surface area (Å²) in [5.74, 6) is 1.73. The summed E-state index contributed by atoms with van der Waals surface area (Å²) in [6.07, 6.45) is 2.42. The van der Waals surface area contributed by atoms with Crippen molar-refractivity contribution in [3.63, 3.8) is 0 Å². The Balaban J connectivity index is 1.80. The first-order valence-corrected chi connectivity index (χ1v) is 8.97. The molecule has 2 aliphatic rings. The molecular weight excluding hydrogens is 296 g/mol. The van der Waals surface area contributed by atoms with Crippen molar-refractivity contribution in [1.29, 1.82) is 0 Å². The predicted molar refractivity (Wildman–Crippen MR) is 93.8 cm³/mol. The highest BCUT2D eigenvalue weighted by molar-refractivity contribution is 8.00. The summed E-state index contributed by atoms with van der Waals surface area (Å²) in [5.41, 5.74) is 2.20. The molecule has 0 aromatic heterocycles. The van der Waals surface area contributed by atoms with Gasteiger partial charge in [0.1, 0.15) is 5.94 Å². The van der Waals surface area contributed by atoms with Gasteiger partial charge in [0.15, 0.2) is 5.96 Å². The van der Waals surface area contributed by atoms with Gasteiger partial charge in [-0.3, -0.25) is 0 Å². The number of guanidine groups is 1. The fourth-order valence-electron chi connectivity index (χ4n) is 2.64. The number of nitrogens with zero attached hydrogens (tertiary/aromatic N) is 3. The van der Waals surface area contributed by atoms with Gasteiger partial charge in [-0.1, -0.05) is 25.5 Å². The number of nitrogens with one attached hydrogen (secondary N) is 1. The third-order valence-electron chi connectivity index (χ3n) is 3.85. The Morgan fingerprint density at radius 2 is 2.23 bits per heavy atom. The summed E-state index contributed by atoms with van der Waals surface area (Å²) >= 11 is 1.71. The lowest BCUT2D eigenvalue weighted by Crippen LogP contribution is -2.31. The van der Waals surface area contributed by atoms with Gasteiger partial charge >= 0.3 is 0 Å². The first kappa shape index (κ1) is 15.5. The number of benzene rings is 1. The van der Waals surface area contributed by atoms with Crippen molar-refractivity contribution in [2.45, 2.75) is 19.8 Å². The molecule has 0 atom stereocenters. The van der Waals surface area contributed by atoms with E-state index in [9.17, 15) is 0 Å². The highest BCUT2D eigenvalue weighted by Crippen LogP contribution is 2.34. The van der Waals surface area contributed by atoms with Crippen molar-refractivity contribution in [3.8, 4) is 0 Å². The van der Waals surface area contributed by atoms with Crippen molar-refractivity contribution >= 4 is 29.3 Å². The largest absolute Gasteiger partial charge is 0.367 e. The van der Waals surface area contributed by atoms with Crippen LogP contribution in [0, 0.1) is 0 Å². The molecule has 2 saturated heterocycles. The molecule has 2 aliphatic heterocycles. The second-order valence-electron chi connectivity index (χ2n) is 5.45. The molecule has 0 amide bonds. The topological polar surface area (TPSA) is 40.1 Å². The van der Waals surface area contributed by atoms with Gasteiger partial charge in [-0.05, 0) is 30.5 Å². The normalized spacial score (nSPS) is 20.5. The van der Waals surface area contributed by atoms with Gasteiger partial charge in [0.25, 0.3) is 0 Å². The fourth-order valence-corrected chi connectivity index (χ4v) is 3.46. The lowest BCUT2D eigenvalue weighted by Gasteiger charge is -2.28. The number of para-hydroxylation sites is 2. The Labute approximate surface area is 136 Å². The lowest BCUT2D eigenvalue weighted by atomic mass is 10.2. The second-order valence-corrected chi connectivity index (χ2v) is 6.38. The maximum Gasteiger partial charge on any atom is 0.199 e. The quantitative estimate of drug-likeness (QED) is 0.845. The fraction of sp³-hybridized carbons (Fsp3) is 0.562. The number of anilines is 1. The van der Waals surface area contributed by atoms with Gasteiger partial charge in [-0.15, -0.1) is 0 Å². The molecule has 0 spiro atoms. The standard InChI is InChI=1S/C16H24N4OS/c1-2-3-9-19-10-8-17-16(19)18-14-6-4-5-7-15(14)20-11-12-21-13-22-20/h4-7H,2-3,8-13H2,1H3,(H,17,18). The maximum atomic E-state index is 5.42. The Morgan fingerprint density at radius 1 is 1.32 bits per heavy atom. The van der Waals surface area contributed by atoms with Crippen LogP contribution >= 0.6 is 11.9 Å². The van der Waals surface area contributed by atoms with Gasteiger partial charge < -0.3 is 19.3 Å². The monoisotopic (exact) mass is 320 g/mol. The van der Waals surface area contributed by atoms with Crippen molar-refractivity contribution in [2.75, 3.05) is 43.0 Å². The molecule has 2 fully saturated rings.